The average molecular weight is 379 g/mol. The van der Waals surface area contributed by atoms with Gasteiger partial charge in [-0.3, -0.25) is 4.98 Å². The topological polar surface area (TPSA) is 95.2 Å². The van der Waals surface area contributed by atoms with Crippen molar-refractivity contribution in [3.63, 3.8) is 0 Å². The molecule has 3 aromatic rings. The fraction of sp³-hybridized carbons (Fsp3) is 0.381. The molecule has 2 aromatic heterocycles. The van der Waals surface area contributed by atoms with E-state index in [1.807, 2.05) is 31.2 Å². The van der Waals surface area contributed by atoms with Crippen LogP contribution in [-0.4, -0.2) is 34.2 Å². The molecule has 28 heavy (non-hydrogen) atoms. The Labute approximate surface area is 164 Å². The van der Waals surface area contributed by atoms with E-state index in [4.69, 9.17) is 15.2 Å². The predicted octanol–water partition coefficient (Wildman–Crippen LogP) is 3.73. The Hall–Kier alpha value is -3.09. The summed E-state index contributed by atoms with van der Waals surface area (Å²) >= 11 is 0. The van der Waals surface area contributed by atoms with Gasteiger partial charge < -0.3 is 20.5 Å². The third-order valence-electron chi connectivity index (χ3n) is 5.12. The first-order valence-corrected chi connectivity index (χ1v) is 9.57. The predicted molar refractivity (Wildman–Crippen MR) is 110 cm³/mol. The fourth-order valence-corrected chi connectivity index (χ4v) is 3.70. The minimum Gasteiger partial charge on any atom is -0.494 e. The van der Waals surface area contributed by atoms with Crippen LogP contribution < -0.4 is 20.5 Å². The molecule has 146 valence electrons. The average Bonchev–Trinajstić information content (AvgIpc) is 2.70. The lowest BCUT2D eigenvalue weighted by Gasteiger charge is -2.30. The molecule has 1 aliphatic rings. The van der Waals surface area contributed by atoms with E-state index in [1.54, 1.807) is 19.5 Å². The zero-order chi connectivity index (χ0) is 19.5. The molecular formula is C21H25N5O2. The number of aryl methyl sites for hydroxylation is 1. The molecule has 1 saturated carbocycles. The maximum Gasteiger partial charge on any atom is 0.223 e. The van der Waals surface area contributed by atoms with E-state index in [-0.39, 0.29) is 6.10 Å². The second-order valence-electron chi connectivity index (χ2n) is 7.19. The van der Waals surface area contributed by atoms with E-state index in [0.717, 1.165) is 48.0 Å². The van der Waals surface area contributed by atoms with Gasteiger partial charge >= 0.3 is 0 Å². The van der Waals surface area contributed by atoms with Crippen LogP contribution in [-0.2, 0) is 0 Å². The molecule has 1 fully saturated rings. The Balaban J connectivity index is 1.39. The maximum atomic E-state index is 6.32. The van der Waals surface area contributed by atoms with Crippen LogP contribution in [0.15, 0.2) is 36.7 Å². The summed E-state index contributed by atoms with van der Waals surface area (Å²) in [5.41, 5.74) is 8.74. The lowest BCUT2D eigenvalue weighted by Crippen LogP contribution is -2.31. The first-order chi connectivity index (χ1) is 13.6. The summed E-state index contributed by atoms with van der Waals surface area (Å²) in [5, 5.41) is 4.30. The van der Waals surface area contributed by atoms with E-state index in [2.05, 4.69) is 20.3 Å². The molecule has 0 spiro atoms. The number of nitrogen functional groups attached to an aromatic ring is 1. The zero-order valence-corrected chi connectivity index (χ0v) is 16.2. The van der Waals surface area contributed by atoms with Gasteiger partial charge in [-0.15, -0.1) is 0 Å². The van der Waals surface area contributed by atoms with Crippen molar-refractivity contribution in [1.82, 2.24) is 15.0 Å². The first kappa shape index (κ1) is 18.3. The second kappa shape index (κ2) is 7.88. The number of benzene rings is 1. The first-order valence-electron chi connectivity index (χ1n) is 9.57. The van der Waals surface area contributed by atoms with Crippen LogP contribution in [0.4, 0.5) is 11.6 Å². The van der Waals surface area contributed by atoms with Gasteiger partial charge in [0.25, 0.3) is 0 Å². The molecule has 7 heteroatoms. The van der Waals surface area contributed by atoms with E-state index in [1.165, 1.54) is 0 Å². The highest BCUT2D eigenvalue weighted by Gasteiger charge is 2.24. The van der Waals surface area contributed by atoms with Gasteiger partial charge in [0.2, 0.25) is 5.95 Å². The SMILES string of the molecule is COc1cnc(NC2CCC(Oc3cccc4nc(C)cc(N)c34)CC2)nc1. The molecule has 4 rings (SSSR count). The summed E-state index contributed by atoms with van der Waals surface area (Å²) in [4.78, 5) is 13.1. The van der Waals surface area contributed by atoms with Crippen molar-refractivity contribution in [2.75, 3.05) is 18.2 Å². The van der Waals surface area contributed by atoms with Crippen LogP contribution in [0.2, 0.25) is 0 Å². The van der Waals surface area contributed by atoms with Crippen LogP contribution in [0.25, 0.3) is 10.9 Å². The molecule has 0 radical (unpaired) electrons. The van der Waals surface area contributed by atoms with Crippen molar-refractivity contribution in [1.29, 1.82) is 0 Å². The Morgan fingerprint density at radius 3 is 2.57 bits per heavy atom. The van der Waals surface area contributed by atoms with Crippen LogP contribution in [0.1, 0.15) is 31.4 Å². The standard InChI is InChI=1S/C21H25N5O2/c1-13-10-17(22)20-18(25-13)4-3-5-19(20)28-15-8-6-14(7-9-15)26-21-23-11-16(27-2)12-24-21/h3-5,10-12,14-15H,6-9H2,1-2H3,(H2,22,25)(H,23,24,26). The van der Waals surface area contributed by atoms with Gasteiger partial charge in [0, 0.05) is 17.4 Å². The summed E-state index contributed by atoms with van der Waals surface area (Å²) in [6.07, 6.45) is 7.43. The summed E-state index contributed by atoms with van der Waals surface area (Å²) in [5.74, 6) is 2.10. The van der Waals surface area contributed by atoms with Crippen molar-refractivity contribution in [2.24, 2.45) is 0 Å². The molecule has 3 N–H and O–H groups in total. The van der Waals surface area contributed by atoms with E-state index in [9.17, 15) is 0 Å². The smallest absolute Gasteiger partial charge is 0.223 e. The highest BCUT2D eigenvalue weighted by Crippen LogP contribution is 2.33. The second-order valence-corrected chi connectivity index (χ2v) is 7.19. The number of methoxy groups -OCH3 is 1. The van der Waals surface area contributed by atoms with Crippen molar-refractivity contribution >= 4 is 22.5 Å². The summed E-state index contributed by atoms with van der Waals surface area (Å²) in [6, 6.07) is 8.16. The molecule has 0 atom stereocenters. The molecule has 2 heterocycles. The van der Waals surface area contributed by atoms with Crippen molar-refractivity contribution < 1.29 is 9.47 Å². The van der Waals surface area contributed by atoms with Gasteiger partial charge in [0.05, 0.1) is 36.5 Å². The van der Waals surface area contributed by atoms with Gasteiger partial charge in [0.1, 0.15) is 5.75 Å². The van der Waals surface area contributed by atoms with Crippen molar-refractivity contribution in [3.05, 3.63) is 42.4 Å². The van der Waals surface area contributed by atoms with Gasteiger partial charge in [-0.1, -0.05) is 6.07 Å². The minimum atomic E-state index is 0.168. The molecule has 0 amide bonds. The number of hydrogen-bond acceptors (Lipinski definition) is 7. The van der Waals surface area contributed by atoms with E-state index < -0.39 is 0 Å². The van der Waals surface area contributed by atoms with Gasteiger partial charge in [-0.25, -0.2) is 9.97 Å². The minimum absolute atomic E-state index is 0.168. The Kier molecular flexibility index (Phi) is 5.14. The van der Waals surface area contributed by atoms with Crippen LogP contribution in [0.5, 0.6) is 11.5 Å². The van der Waals surface area contributed by atoms with Gasteiger partial charge in [0.15, 0.2) is 5.75 Å². The highest BCUT2D eigenvalue weighted by atomic mass is 16.5. The number of anilines is 2. The number of nitrogens with one attached hydrogen (secondary N) is 1. The number of hydrogen-bond donors (Lipinski definition) is 2. The molecule has 0 bridgehead atoms. The maximum absolute atomic E-state index is 6.32. The van der Waals surface area contributed by atoms with E-state index >= 15 is 0 Å². The molecule has 1 aliphatic carbocycles. The van der Waals surface area contributed by atoms with Crippen molar-refractivity contribution in [2.45, 2.75) is 44.8 Å². The number of rotatable bonds is 5. The Morgan fingerprint density at radius 1 is 1.11 bits per heavy atom. The number of aromatic nitrogens is 3. The molecule has 0 saturated heterocycles. The summed E-state index contributed by atoms with van der Waals surface area (Å²) in [7, 11) is 1.61. The molecule has 7 nitrogen and oxygen atoms in total. The zero-order valence-electron chi connectivity index (χ0n) is 16.2. The Morgan fingerprint density at radius 2 is 1.86 bits per heavy atom. The van der Waals surface area contributed by atoms with Crippen LogP contribution in [0.3, 0.4) is 0 Å². The third-order valence-corrected chi connectivity index (χ3v) is 5.12. The molecule has 0 unspecified atom stereocenters. The number of nitrogens with two attached hydrogens (primary N) is 1. The number of ether oxygens (including phenoxy) is 2. The number of fused-ring (bicyclic) bond motifs is 1. The quantitative estimate of drug-likeness (QED) is 0.697. The van der Waals surface area contributed by atoms with Gasteiger partial charge in [-0.2, -0.15) is 0 Å². The Bertz CT molecular complexity index is 953. The van der Waals surface area contributed by atoms with Crippen molar-refractivity contribution in [3.8, 4) is 11.5 Å². The monoisotopic (exact) mass is 379 g/mol. The summed E-state index contributed by atoms with van der Waals surface area (Å²) in [6.45, 7) is 1.95. The number of nitrogens with zero attached hydrogens (tertiary/aromatic N) is 3. The highest BCUT2D eigenvalue weighted by molar-refractivity contribution is 5.95. The third kappa shape index (κ3) is 3.93. The lowest BCUT2D eigenvalue weighted by atomic mass is 9.93. The molecule has 0 aliphatic heterocycles. The largest absolute Gasteiger partial charge is 0.494 e. The molecule has 1 aromatic carbocycles. The fourth-order valence-electron chi connectivity index (χ4n) is 3.70. The van der Waals surface area contributed by atoms with E-state index in [0.29, 0.717) is 23.4 Å². The van der Waals surface area contributed by atoms with Crippen LogP contribution >= 0.6 is 0 Å². The summed E-state index contributed by atoms with van der Waals surface area (Å²) < 4.78 is 11.4. The molecular weight excluding hydrogens is 354 g/mol. The number of pyridine rings is 1. The normalized spacial score (nSPS) is 19.4. The van der Waals surface area contributed by atoms with Crippen LogP contribution in [0, 0.1) is 6.92 Å². The van der Waals surface area contributed by atoms with Gasteiger partial charge in [-0.05, 0) is 50.8 Å². The lowest BCUT2D eigenvalue weighted by molar-refractivity contribution is 0.152.